The summed E-state index contributed by atoms with van der Waals surface area (Å²) in [7, 11) is 0. The number of hydrogen-bond donors (Lipinski definition) is 1. The van der Waals surface area contributed by atoms with Crippen molar-refractivity contribution < 1.29 is 0 Å². The van der Waals surface area contributed by atoms with Crippen molar-refractivity contribution in [1.29, 1.82) is 0 Å². The number of rotatable bonds is 2. The highest BCUT2D eigenvalue weighted by molar-refractivity contribution is 6.29. The van der Waals surface area contributed by atoms with E-state index in [1.54, 1.807) is 12.4 Å². The second-order valence-electron chi connectivity index (χ2n) is 2.57. The van der Waals surface area contributed by atoms with Crippen molar-refractivity contribution >= 4 is 23.2 Å². The van der Waals surface area contributed by atoms with E-state index in [2.05, 4.69) is 20.3 Å². The van der Waals surface area contributed by atoms with Gasteiger partial charge in [0.15, 0.2) is 5.82 Å². The topological polar surface area (TPSA) is 50.7 Å². The van der Waals surface area contributed by atoms with E-state index in [-0.39, 0.29) is 0 Å². The van der Waals surface area contributed by atoms with E-state index in [0.717, 1.165) is 0 Å². The van der Waals surface area contributed by atoms with Gasteiger partial charge in [-0.15, -0.1) is 0 Å². The van der Waals surface area contributed by atoms with Gasteiger partial charge < -0.3 is 5.32 Å². The van der Waals surface area contributed by atoms with Crippen molar-refractivity contribution in [3.63, 3.8) is 0 Å². The van der Waals surface area contributed by atoms with Gasteiger partial charge in [0.1, 0.15) is 11.0 Å². The number of nitrogens with zero attached hydrogens (tertiary/aromatic N) is 3. The SMILES string of the molecule is Clc1cncc(Nc2ccccn2)n1. The molecule has 2 aromatic rings. The van der Waals surface area contributed by atoms with Crippen LogP contribution < -0.4 is 5.32 Å². The molecular weight excluding hydrogens is 200 g/mol. The van der Waals surface area contributed by atoms with Crippen LogP contribution in [0.25, 0.3) is 0 Å². The van der Waals surface area contributed by atoms with Crippen LogP contribution in [0.4, 0.5) is 11.6 Å². The smallest absolute Gasteiger partial charge is 0.151 e. The quantitative estimate of drug-likeness (QED) is 0.819. The van der Waals surface area contributed by atoms with Crippen LogP contribution in [0.5, 0.6) is 0 Å². The Kier molecular flexibility index (Phi) is 2.55. The molecule has 2 aromatic heterocycles. The highest BCUT2D eigenvalue weighted by atomic mass is 35.5. The molecular formula is C9H7ClN4. The first-order chi connectivity index (χ1) is 6.84. The van der Waals surface area contributed by atoms with Crippen molar-refractivity contribution in [1.82, 2.24) is 15.0 Å². The van der Waals surface area contributed by atoms with Crippen LogP contribution in [0, 0.1) is 0 Å². The molecule has 70 valence electrons. The molecule has 0 radical (unpaired) electrons. The van der Waals surface area contributed by atoms with Crippen LogP contribution >= 0.6 is 11.6 Å². The van der Waals surface area contributed by atoms with Gasteiger partial charge in [0.05, 0.1) is 12.4 Å². The number of hydrogen-bond acceptors (Lipinski definition) is 4. The first-order valence-electron chi connectivity index (χ1n) is 4.00. The summed E-state index contributed by atoms with van der Waals surface area (Å²) in [5.41, 5.74) is 0. The highest BCUT2D eigenvalue weighted by Gasteiger charge is 1.97. The van der Waals surface area contributed by atoms with Crippen LogP contribution in [0.15, 0.2) is 36.8 Å². The summed E-state index contributed by atoms with van der Waals surface area (Å²) in [5.74, 6) is 1.29. The maximum Gasteiger partial charge on any atom is 0.151 e. The summed E-state index contributed by atoms with van der Waals surface area (Å²) in [6, 6.07) is 5.56. The zero-order chi connectivity index (χ0) is 9.80. The molecule has 0 aliphatic carbocycles. The molecule has 0 bridgehead atoms. The van der Waals surface area contributed by atoms with Crippen molar-refractivity contribution in [3.8, 4) is 0 Å². The average molecular weight is 207 g/mol. The van der Waals surface area contributed by atoms with Crippen LogP contribution in [-0.2, 0) is 0 Å². The Morgan fingerprint density at radius 2 is 2.07 bits per heavy atom. The second-order valence-corrected chi connectivity index (χ2v) is 2.95. The van der Waals surface area contributed by atoms with Gasteiger partial charge in [-0.25, -0.2) is 9.97 Å². The van der Waals surface area contributed by atoms with Gasteiger partial charge in [-0.05, 0) is 12.1 Å². The predicted molar refractivity (Wildman–Crippen MR) is 54.6 cm³/mol. The van der Waals surface area contributed by atoms with Gasteiger partial charge in [-0.1, -0.05) is 17.7 Å². The second kappa shape index (κ2) is 4.02. The standard InChI is InChI=1S/C9H7ClN4/c10-7-5-11-6-9(13-7)14-8-3-1-2-4-12-8/h1-6H,(H,12,13,14). The molecule has 0 aromatic carbocycles. The maximum absolute atomic E-state index is 5.68. The minimum atomic E-state index is 0.353. The van der Waals surface area contributed by atoms with E-state index in [4.69, 9.17) is 11.6 Å². The summed E-state index contributed by atoms with van der Waals surface area (Å²) >= 11 is 5.68. The number of pyridine rings is 1. The third kappa shape index (κ3) is 2.17. The maximum atomic E-state index is 5.68. The first-order valence-corrected chi connectivity index (χ1v) is 4.38. The van der Waals surface area contributed by atoms with Gasteiger partial charge in [0.25, 0.3) is 0 Å². The van der Waals surface area contributed by atoms with Crippen molar-refractivity contribution in [3.05, 3.63) is 41.9 Å². The number of nitrogens with one attached hydrogen (secondary N) is 1. The van der Waals surface area contributed by atoms with Crippen molar-refractivity contribution in [2.45, 2.75) is 0 Å². The average Bonchev–Trinajstić information content (AvgIpc) is 2.19. The summed E-state index contributed by atoms with van der Waals surface area (Å²) in [6.07, 6.45) is 4.76. The van der Waals surface area contributed by atoms with E-state index >= 15 is 0 Å². The molecule has 0 saturated carbocycles. The Morgan fingerprint density at radius 3 is 2.79 bits per heavy atom. The van der Waals surface area contributed by atoms with Crippen LogP contribution in [0.1, 0.15) is 0 Å². The molecule has 0 saturated heterocycles. The predicted octanol–water partition coefficient (Wildman–Crippen LogP) is 2.27. The van der Waals surface area contributed by atoms with Gasteiger partial charge in [0.2, 0.25) is 0 Å². The lowest BCUT2D eigenvalue weighted by molar-refractivity contribution is 1.18. The fourth-order valence-corrected chi connectivity index (χ4v) is 1.12. The van der Waals surface area contributed by atoms with E-state index in [1.807, 2.05) is 18.2 Å². The number of anilines is 2. The third-order valence-corrected chi connectivity index (χ3v) is 1.71. The third-order valence-electron chi connectivity index (χ3n) is 1.53. The first kappa shape index (κ1) is 8.90. The van der Waals surface area contributed by atoms with E-state index < -0.39 is 0 Å². The Bertz CT molecular complexity index is 418. The Hall–Kier alpha value is -1.68. The van der Waals surface area contributed by atoms with E-state index in [0.29, 0.717) is 16.8 Å². The fourth-order valence-electron chi connectivity index (χ4n) is 0.970. The molecule has 2 rings (SSSR count). The molecule has 0 aliphatic rings. The molecule has 5 heteroatoms. The summed E-state index contributed by atoms with van der Waals surface area (Å²) in [6.45, 7) is 0. The monoisotopic (exact) mass is 206 g/mol. The Labute approximate surface area is 86.0 Å². The minimum Gasteiger partial charge on any atom is -0.324 e. The van der Waals surface area contributed by atoms with Gasteiger partial charge in [-0.3, -0.25) is 4.98 Å². The molecule has 0 fully saturated rings. The lowest BCUT2D eigenvalue weighted by Gasteiger charge is -2.02. The molecule has 1 N–H and O–H groups in total. The van der Waals surface area contributed by atoms with Crippen molar-refractivity contribution in [2.24, 2.45) is 0 Å². The van der Waals surface area contributed by atoms with E-state index in [9.17, 15) is 0 Å². The zero-order valence-corrected chi connectivity index (χ0v) is 7.94. The molecule has 0 spiro atoms. The molecule has 0 aliphatic heterocycles. The molecule has 2 heterocycles. The lowest BCUT2D eigenvalue weighted by Crippen LogP contribution is -1.95. The Morgan fingerprint density at radius 1 is 1.14 bits per heavy atom. The number of halogens is 1. The summed E-state index contributed by atoms with van der Waals surface area (Å²) in [4.78, 5) is 12.0. The van der Waals surface area contributed by atoms with Gasteiger partial charge in [0, 0.05) is 6.20 Å². The largest absolute Gasteiger partial charge is 0.324 e. The zero-order valence-electron chi connectivity index (χ0n) is 7.18. The van der Waals surface area contributed by atoms with Crippen LogP contribution in [0.2, 0.25) is 5.15 Å². The molecule has 4 nitrogen and oxygen atoms in total. The van der Waals surface area contributed by atoms with Gasteiger partial charge >= 0.3 is 0 Å². The van der Waals surface area contributed by atoms with Crippen LogP contribution in [-0.4, -0.2) is 15.0 Å². The molecule has 14 heavy (non-hydrogen) atoms. The summed E-state index contributed by atoms with van der Waals surface area (Å²) in [5, 5.41) is 3.33. The Balaban J connectivity index is 2.19. The minimum absolute atomic E-state index is 0.353. The van der Waals surface area contributed by atoms with Gasteiger partial charge in [-0.2, -0.15) is 0 Å². The highest BCUT2D eigenvalue weighted by Crippen LogP contribution is 2.11. The summed E-state index contributed by atoms with van der Waals surface area (Å²) < 4.78 is 0. The molecule has 0 amide bonds. The normalized spacial score (nSPS) is 9.79. The fraction of sp³-hybridized carbons (Fsp3) is 0. The van der Waals surface area contributed by atoms with Crippen molar-refractivity contribution in [2.75, 3.05) is 5.32 Å². The molecule has 0 unspecified atom stereocenters. The van der Waals surface area contributed by atoms with E-state index in [1.165, 1.54) is 6.20 Å². The number of aromatic nitrogens is 3. The van der Waals surface area contributed by atoms with Crippen LogP contribution in [0.3, 0.4) is 0 Å². The molecule has 0 atom stereocenters. The lowest BCUT2D eigenvalue weighted by atomic mass is 10.4.